The van der Waals surface area contributed by atoms with E-state index < -0.39 is 0 Å². The zero-order valence-corrected chi connectivity index (χ0v) is 13.2. The Balaban J connectivity index is 1.61. The van der Waals surface area contributed by atoms with Crippen LogP contribution in [-0.4, -0.2) is 60.4 Å². The number of aryl methyl sites for hydroxylation is 1. The summed E-state index contributed by atoms with van der Waals surface area (Å²) < 4.78 is 11.0. The molecule has 3 rings (SSSR count). The highest BCUT2D eigenvalue weighted by Crippen LogP contribution is 2.24. The highest BCUT2D eigenvalue weighted by Gasteiger charge is 2.31. The van der Waals surface area contributed by atoms with Gasteiger partial charge in [0.25, 0.3) is 0 Å². The van der Waals surface area contributed by atoms with Gasteiger partial charge in [-0.3, -0.25) is 4.79 Å². The summed E-state index contributed by atoms with van der Waals surface area (Å²) in [7, 11) is 0. The third-order valence-corrected chi connectivity index (χ3v) is 4.28. The van der Waals surface area contributed by atoms with Crippen molar-refractivity contribution >= 4 is 11.9 Å². The Morgan fingerprint density at radius 2 is 2.09 bits per heavy atom. The van der Waals surface area contributed by atoms with Crippen LogP contribution in [0.15, 0.2) is 4.42 Å². The van der Waals surface area contributed by atoms with Gasteiger partial charge in [0.2, 0.25) is 11.8 Å². The Kier molecular flexibility index (Phi) is 4.92. The summed E-state index contributed by atoms with van der Waals surface area (Å²) in [6.45, 7) is 6.33. The van der Waals surface area contributed by atoms with Crippen molar-refractivity contribution in [1.29, 1.82) is 0 Å². The lowest BCUT2D eigenvalue weighted by Crippen LogP contribution is -2.48. The van der Waals surface area contributed by atoms with Gasteiger partial charge in [-0.05, 0) is 19.3 Å². The van der Waals surface area contributed by atoms with E-state index >= 15 is 0 Å². The van der Waals surface area contributed by atoms with Gasteiger partial charge >= 0.3 is 6.01 Å². The van der Waals surface area contributed by atoms with Gasteiger partial charge in [-0.2, -0.15) is 0 Å². The standard InChI is InChI=1S/C15H24N4O3/c1-2-4-13-16-17-15(22-13)19-6-3-5-12(11-19)14(20)18-7-9-21-10-8-18/h12H,2-11H2,1H3/t12-/m0/s1. The molecule has 0 radical (unpaired) electrons. The number of rotatable bonds is 4. The first-order valence-corrected chi connectivity index (χ1v) is 8.21. The molecular formula is C15H24N4O3. The summed E-state index contributed by atoms with van der Waals surface area (Å²) >= 11 is 0. The van der Waals surface area contributed by atoms with Crippen LogP contribution in [0.3, 0.4) is 0 Å². The SMILES string of the molecule is CCCc1nnc(N2CCC[C@H](C(=O)N3CCOCC3)C2)o1. The Labute approximate surface area is 130 Å². The van der Waals surface area contributed by atoms with Gasteiger partial charge in [0.1, 0.15) is 0 Å². The minimum atomic E-state index is 0.0216. The van der Waals surface area contributed by atoms with Crippen molar-refractivity contribution in [3.8, 4) is 0 Å². The van der Waals surface area contributed by atoms with Crippen LogP contribution in [0, 0.1) is 5.92 Å². The lowest BCUT2D eigenvalue weighted by atomic mass is 9.96. The average molecular weight is 308 g/mol. The van der Waals surface area contributed by atoms with E-state index in [1.807, 2.05) is 4.90 Å². The second-order valence-electron chi connectivity index (χ2n) is 5.95. The van der Waals surface area contributed by atoms with Gasteiger partial charge in [0.05, 0.1) is 19.1 Å². The molecule has 0 aromatic carbocycles. The third-order valence-electron chi connectivity index (χ3n) is 4.28. The van der Waals surface area contributed by atoms with Gasteiger partial charge in [0.15, 0.2) is 0 Å². The molecule has 22 heavy (non-hydrogen) atoms. The van der Waals surface area contributed by atoms with Crippen LogP contribution in [0.1, 0.15) is 32.1 Å². The van der Waals surface area contributed by atoms with Gasteiger partial charge in [-0.25, -0.2) is 0 Å². The van der Waals surface area contributed by atoms with Gasteiger partial charge in [-0.15, -0.1) is 5.10 Å². The highest BCUT2D eigenvalue weighted by molar-refractivity contribution is 5.79. The first kappa shape index (κ1) is 15.3. The lowest BCUT2D eigenvalue weighted by molar-refractivity contribution is -0.139. The molecule has 3 heterocycles. The smallest absolute Gasteiger partial charge is 0.318 e. The largest absolute Gasteiger partial charge is 0.408 e. The minimum absolute atomic E-state index is 0.0216. The molecule has 2 fully saturated rings. The van der Waals surface area contributed by atoms with E-state index in [-0.39, 0.29) is 11.8 Å². The molecule has 7 nitrogen and oxygen atoms in total. The predicted octanol–water partition coefficient (Wildman–Crippen LogP) is 1.10. The monoisotopic (exact) mass is 308 g/mol. The summed E-state index contributed by atoms with van der Waals surface area (Å²) in [5.41, 5.74) is 0. The van der Waals surface area contributed by atoms with E-state index in [0.29, 0.717) is 44.8 Å². The van der Waals surface area contributed by atoms with Crippen molar-refractivity contribution in [3.05, 3.63) is 5.89 Å². The number of carbonyl (C=O) groups excluding carboxylic acids is 1. The zero-order chi connectivity index (χ0) is 15.4. The van der Waals surface area contributed by atoms with E-state index in [2.05, 4.69) is 22.0 Å². The quantitative estimate of drug-likeness (QED) is 0.829. The number of amides is 1. The normalized spacial score (nSPS) is 22.9. The topological polar surface area (TPSA) is 71.7 Å². The molecule has 1 atom stereocenters. The van der Waals surface area contributed by atoms with Gasteiger partial charge in [0, 0.05) is 32.6 Å². The fraction of sp³-hybridized carbons (Fsp3) is 0.800. The van der Waals surface area contributed by atoms with Crippen LogP contribution in [0.4, 0.5) is 6.01 Å². The van der Waals surface area contributed by atoms with Crippen molar-refractivity contribution in [2.24, 2.45) is 5.92 Å². The number of piperidine rings is 1. The Bertz CT molecular complexity index is 499. The van der Waals surface area contributed by atoms with Crippen molar-refractivity contribution < 1.29 is 13.9 Å². The fourth-order valence-corrected chi connectivity index (χ4v) is 3.08. The lowest BCUT2D eigenvalue weighted by Gasteiger charge is -2.35. The number of anilines is 1. The Hall–Kier alpha value is -1.63. The van der Waals surface area contributed by atoms with Crippen molar-refractivity contribution in [3.63, 3.8) is 0 Å². The maximum atomic E-state index is 12.6. The molecule has 1 aromatic heterocycles. The van der Waals surface area contributed by atoms with Crippen molar-refractivity contribution in [2.75, 3.05) is 44.3 Å². The number of aromatic nitrogens is 2. The van der Waals surface area contributed by atoms with Gasteiger partial charge in [-0.1, -0.05) is 12.0 Å². The summed E-state index contributed by atoms with van der Waals surface area (Å²) in [5, 5.41) is 8.20. The minimum Gasteiger partial charge on any atom is -0.408 e. The molecule has 0 bridgehead atoms. The van der Waals surface area contributed by atoms with Crippen molar-refractivity contribution in [1.82, 2.24) is 15.1 Å². The fourth-order valence-electron chi connectivity index (χ4n) is 3.08. The zero-order valence-electron chi connectivity index (χ0n) is 13.2. The Morgan fingerprint density at radius 3 is 2.86 bits per heavy atom. The number of ether oxygens (including phenoxy) is 1. The van der Waals surface area contributed by atoms with Crippen LogP contribution in [0.25, 0.3) is 0 Å². The maximum Gasteiger partial charge on any atom is 0.318 e. The summed E-state index contributed by atoms with van der Waals surface area (Å²) in [6, 6.07) is 0.558. The summed E-state index contributed by atoms with van der Waals surface area (Å²) in [5.74, 6) is 0.939. The molecule has 0 spiro atoms. The number of carbonyl (C=O) groups is 1. The van der Waals surface area contributed by atoms with Crippen molar-refractivity contribution in [2.45, 2.75) is 32.6 Å². The number of hydrogen-bond acceptors (Lipinski definition) is 6. The van der Waals surface area contributed by atoms with Crippen LogP contribution in [-0.2, 0) is 16.0 Å². The molecule has 0 unspecified atom stereocenters. The van der Waals surface area contributed by atoms with E-state index in [1.54, 1.807) is 0 Å². The van der Waals surface area contributed by atoms with Gasteiger partial charge < -0.3 is 19.0 Å². The first-order valence-electron chi connectivity index (χ1n) is 8.21. The van der Waals surface area contributed by atoms with E-state index in [1.165, 1.54) is 0 Å². The molecule has 2 aliphatic rings. The molecular weight excluding hydrogens is 284 g/mol. The molecule has 1 aromatic rings. The number of morpholine rings is 1. The highest BCUT2D eigenvalue weighted by atomic mass is 16.5. The van der Waals surface area contributed by atoms with E-state index in [9.17, 15) is 4.79 Å². The predicted molar refractivity (Wildman–Crippen MR) is 80.6 cm³/mol. The maximum absolute atomic E-state index is 12.6. The summed E-state index contributed by atoms with van der Waals surface area (Å²) in [4.78, 5) is 16.6. The second-order valence-corrected chi connectivity index (χ2v) is 5.95. The summed E-state index contributed by atoms with van der Waals surface area (Å²) in [6.07, 6.45) is 3.70. The number of hydrogen-bond donors (Lipinski definition) is 0. The van der Waals surface area contributed by atoms with Crippen LogP contribution in [0.2, 0.25) is 0 Å². The van der Waals surface area contributed by atoms with E-state index in [4.69, 9.17) is 9.15 Å². The second kappa shape index (κ2) is 7.09. The molecule has 2 saturated heterocycles. The molecule has 0 saturated carbocycles. The average Bonchev–Trinajstić information content (AvgIpc) is 3.04. The molecule has 1 amide bonds. The van der Waals surface area contributed by atoms with E-state index in [0.717, 1.165) is 32.2 Å². The molecule has 0 aliphatic carbocycles. The molecule has 122 valence electrons. The molecule has 0 N–H and O–H groups in total. The Morgan fingerprint density at radius 1 is 1.27 bits per heavy atom. The first-order chi connectivity index (χ1) is 10.8. The van der Waals surface area contributed by atoms with Crippen LogP contribution in [0.5, 0.6) is 0 Å². The molecule has 7 heteroatoms. The van der Waals surface area contributed by atoms with Crippen LogP contribution < -0.4 is 4.90 Å². The third kappa shape index (κ3) is 3.40. The van der Waals surface area contributed by atoms with Crippen LogP contribution >= 0.6 is 0 Å². The molecule has 2 aliphatic heterocycles. The number of nitrogens with zero attached hydrogens (tertiary/aromatic N) is 4.